The maximum atomic E-state index is 13.4. The number of anilines is 1. The number of nitrogens with one attached hydrogen (secondary N) is 2. The lowest BCUT2D eigenvalue weighted by Gasteiger charge is -2.36. The van der Waals surface area contributed by atoms with E-state index in [0.717, 1.165) is 24.8 Å². The minimum Gasteiger partial charge on any atom is -0.508 e. The molecule has 262 valence electrons. The number of phenolic OH excluding ortho intramolecular Hbond substituents is 2. The van der Waals surface area contributed by atoms with Crippen molar-refractivity contribution in [3.8, 4) is 23.0 Å². The molecule has 3 aromatic rings. The second kappa shape index (κ2) is 16.3. The highest BCUT2D eigenvalue weighted by atomic mass is 32.1. The molecule has 1 saturated carbocycles. The Morgan fingerprint density at radius 1 is 0.755 bits per heavy atom. The maximum Gasteiger partial charge on any atom is 0.340 e. The molecule has 1 spiro atoms. The number of carbonyl (C=O) groups excluding carboxylic acids is 1. The molecule has 0 aromatic heterocycles. The number of hydrogen-bond acceptors (Lipinski definition) is 6. The Hall–Kier alpha value is -3.78. The van der Waals surface area contributed by atoms with Crippen LogP contribution in [0.3, 0.4) is 0 Å². The highest BCUT2D eigenvalue weighted by Gasteiger charge is 2.53. The molecule has 4 N–H and O–H groups in total. The summed E-state index contributed by atoms with van der Waals surface area (Å²) in [7, 11) is 0. The molecule has 3 aromatic carbocycles. The average Bonchev–Trinajstić information content (AvgIpc) is 3.77. The van der Waals surface area contributed by atoms with Crippen LogP contribution in [-0.2, 0) is 10.3 Å². The Morgan fingerprint density at radius 3 is 1.92 bits per heavy atom. The van der Waals surface area contributed by atoms with Crippen LogP contribution >= 0.6 is 12.2 Å². The van der Waals surface area contributed by atoms with Crippen molar-refractivity contribution in [3.63, 3.8) is 0 Å². The van der Waals surface area contributed by atoms with E-state index < -0.39 is 11.6 Å². The van der Waals surface area contributed by atoms with Gasteiger partial charge in [-0.1, -0.05) is 103 Å². The van der Waals surface area contributed by atoms with Crippen molar-refractivity contribution < 1.29 is 24.5 Å². The number of esters is 1. The van der Waals surface area contributed by atoms with Gasteiger partial charge in [-0.25, -0.2) is 4.79 Å². The Morgan fingerprint density at radius 2 is 1.31 bits per heavy atom. The lowest BCUT2D eigenvalue weighted by Crippen LogP contribution is -2.33. The van der Waals surface area contributed by atoms with Gasteiger partial charge in [-0.05, 0) is 73.3 Å². The van der Waals surface area contributed by atoms with E-state index >= 15 is 0 Å². The number of fused-ring (bicyclic) bond motifs is 6. The lowest BCUT2D eigenvalue weighted by molar-refractivity contribution is 0.0224. The van der Waals surface area contributed by atoms with E-state index in [1.54, 1.807) is 30.3 Å². The van der Waals surface area contributed by atoms with Crippen LogP contribution in [0.25, 0.3) is 0 Å². The van der Waals surface area contributed by atoms with Crippen molar-refractivity contribution in [1.29, 1.82) is 0 Å². The molecule has 2 unspecified atom stereocenters. The van der Waals surface area contributed by atoms with Crippen molar-refractivity contribution in [2.45, 2.75) is 115 Å². The maximum absolute atomic E-state index is 13.4. The molecule has 49 heavy (non-hydrogen) atoms. The highest BCUT2D eigenvalue weighted by molar-refractivity contribution is 7.80. The van der Waals surface area contributed by atoms with Gasteiger partial charge < -0.3 is 30.3 Å². The van der Waals surface area contributed by atoms with Gasteiger partial charge in [-0.2, -0.15) is 0 Å². The number of benzene rings is 3. The second-order valence-electron chi connectivity index (χ2n) is 14.3. The number of aromatic hydroxyl groups is 2. The van der Waals surface area contributed by atoms with E-state index in [-0.39, 0.29) is 11.5 Å². The van der Waals surface area contributed by atoms with E-state index in [1.807, 2.05) is 12.1 Å². The summed E-state index contributed by atoms with van der Waals surface area (Å²) in [6, 6.07) is 15.0. The summed E-state index contributed by atoms with van der Waals surface area (Å²) < 4.78 is 12.2. The molecule has 0 radical (unpaired) electrons. The van der Waals surface area contributed by atoms with Gasteiger partial charge in [0.25, 0.3) is 0 Å². The Bertz CT molecular complexity index is 1570. The summed E-state index contributed by atoms with van der Waals surface area (Å²) in [5, 5.41) is 27.3. The zero-order valence-corrected chi connectivity index (χ0v) is 29.7. The van der Waals surface area contributed by atoms with Gasteiger partial charge in [0.05, 0.1) is 5.56 Å². The molecule has 3 aliphatic rings. The first-order chi connectivity index (χ1) is 23.9. The standard InChI is InChI=1S/C41H52N2O5S/c1-2-3-4-5-9-12-15-28-24-29(28)16-13-10-7-6-8-11-14-23-42-40(49)43-30-17-20-34-33(25-30)39(46)48-41(34)35-21-18-31(44)26-37(35)47-38-27-32(45)19-22-36(38)41/h17-22,25-29,44-45H,2-16,23-24H2,1H3,(H2,42,43,49). The van der Waals surface area contributed by atoms with Gasteiger partial charge >= 0.3 is 5.97 Å². The third-order valence-corrected chi connectivity index (χ3v) is 10.8. The molecular formula is C41H52N2O5S. The van der Waals surface area contributed by atoms with Crippen molar-refractivity contribution in [1.82, 2.24) is 5.32 Å². The van der Waals surface area contributed by atoms with Gasteiger partial charge in [-0.3, -0.25) is 0 Å². The summed E-state index contributed by atoms with van der Waals surface area (Å²) >= 11 is 5.57. The molecule has 6 rings (SSSR count). The summed E-state index contributed by atoms with van der Waals surface area (Å²) in [6.45, 7) is 3.09. The van der Waals surface area contributed by atoms with Crippen LogP contribution in [0.4, 0.5) is 5.69 Å². The molecule has 8 heteroatoms. The predicted octanol–water partition coefficient (Wildman–Crippen LogP) is 10.5. The molecular weight excluding hydrogens is 633 g/mol. The average molecular weight is 685 g/mol. The van der Waals surface area contributed by atoms with Crippen LogP contribution in [0.1, 0.15) is 137 Å². The summed E-state index contributed by atoms with van der Waals surface area (Å²) in [5.74, 6) is 2.36. The number of hydrogen-bond donors (Lipinski definition) is 4. The molecule has 0 saturated heterocycles. The first kappa shape index (κ1) is 35.1. The SMILES string of the molecule is CCCCCCCCC1CC1CCCCCCCCCNC(=S)Nc1ccc2c(c1)C(=O)OC21c2ccc(O)cc2Oc2cc(O)ccc21. The van der Waals surface area contributed by atoms with Gasteiger partial charge in [0.15, 0.2) is 10.7 Å². The Kier molecular flexibility index (Phi) is 11.7. The third-order valence-electron chi connectivity index (χ3n) is 10.6. The van der Waals surface area contributed by atoms with Crippen LogP contribution in [-0.4, -0.2) is 27.8 Å². The van der Waals surface area contributed by atoms with Gasteiger partial charge in [0.1, 0.15) is 23.0 Å². The number of phenols is 2. The Labute approximate surface area is 296 Å². The van der Waals surface area contributed by atoms with Crippen molar-refractivity contribution in [2.75, 3.05) is 11.9 Å². The van der Waals surface area contributed by atoms with Crippen molar-refractivity contribution >= 4 is 29.0 Å². The minimum absolute atomic E-state index is 0.0217. The molecule has 2 atom stereocenters. The minimum atomic E-state index is -1.28. The normalized spacial score (nSPS) is 17.9. The number of unbranched alkanes of at least 4 members (excludes halogenated alkanes) is 11. The first-order valence-corrected chi connectivity index (χ1v) is 19.1. The third kappa shape index (κ3) is 8.34. The predicted molar refractivity (Wildman–Crippen MR) is 199 cm³/mol. The van der Waals surface area contributed by atoms with E-state index in [0.29, 0.717) is 44.6 Å². The zero-order chi connectivity index (χ0) is 34.2. The largest absolute Gasteiger partial charge is 0.508 e. The zero-order valence-electron chi connectivity index (χ0n) is 28.9. The molecule has 7 nitrogen and oxygen atoms in total. The fourth-order valence-corrected chi connectivity index (χ4v) is 8.00. The quantitative estimate of drug-likeness (QED) is 0.0597. The Balaban J connectivity index is 0.901. The van der Waals surface area contributed by atoms with Crippen LogP contribution in [0.2, 0.25) is 0 Å². The number of ether oxygens (including phenoxy) is 2. The van der Waals surface area contributed by atoms with E-state index in [1.165, 1.54) is 108 Å². The summed E-state index contributed by atoms with van der Waals surface area (Å²) in [4.78, 5) is 13.4. The van der Waals surface area contributed by atoms with E-state index in [4.69, 9.17) is 21.7 Å². The molecule has 1 aliphatic carbocycles. The second-order valence-corrected chi connectivity index (χ2v) is 14.7. The number of thiocarbonyl (C=S) groups is 1. The highest BCUT2D eigenvalue weighted by Crippen LogP contribution is 2.57. The smallest absolute Gasteiger partial charge is 0.340 e. The van der Waals surface area contributed by atoms with Crippen LogP contribution in [0, 0.1) is 11.8 Å². The van der Waals surface area contributed by atoms with Gasteiger partial charge in [-0.15, -0.1) is 0 Å². The summed E-state index contributed by atoms with van der Waals surface area (Å²) in [5.41, 5.74) is 1.68. The fourth-order valence-electron chi connectivity index (χ4n) is 7.78. The molecule has 0 amide bonds. The molecule has 0 bridgehead atoms. The number of rotatable bonds is 18. The van der Waals surface area contributed by atoms with Crippen LogP contribution in [0.15, 0.2) is 54.6 Å². The molecule has 1 fully saturated rings. The van der Waals surface area contributed by atoms with E-state index in [2.05, 4.69) is 17.6 Å². The van der Waals surface area contributed by atoms with Crippen LogP contribution < -0.4 is 15.4 Å². The van der Waals surface area contributed by atoms with Crippen LogP contribution in [0.5, 0.6) is 23.0 Å². The van der Waals surface area contributed by atoms with Crippen molar-refractivity contribution in [2.24, 2.45) is 11.8 Å². The van der Waals surface area contributed by atoms with E-state index in [9.17, 15) is 15.0 Å². The number of carbonyl (C=O) groups is 1. The topological polar surface area (TPSA) is 100 Å². The first-order valence-electron chi connectivity index (χ1n) is 18.7. The van der Waals surface area contributed by atoms with Gasteiger partial charge in [0.2, 0.25) is 0 Å². The van der Waals surface area contributed by atoms with Gasteiger partial charge in [0, 0.05) is 41.1 Å². The lowest BCUT2D eigenvalue weighted by atomic mass is 9.77. The monoisotopic (exact) mass is 684 g/mol. The fraction of sp³-hybridized carbons (Fsp3) is 0.512. The molecule has 2 aliphatic heterocycles. The molecule has 2 heterocycles. The van der Waals surface area contributed by atoms with Crippen molar-refractivity contribution in [3.05, 3.63) is 76.9 Å². The summed E-state index contributed by atoms with van der Waals surface area (Å²) in [6.07, 6.45) is 21.9.